The number of hydrogen-bond donors (Lipinski definition) is 1. The van der Waals surface area contributed by atoms with Gasteiger partial charge in [-0.1, -0.05) is 24.3 Å². The van der Waals surface area contributed by atoms with Crippen molar-refractivity contribution in [1.82, 2.24) is 9.80 Å². The van der Waals surface area contributed by atoms with Crippen LogP contribution < -0.4 is 5.32 Å². The molecular weight excluding hydrogens is 364 g/mol. The van der Waals surface area contributed by atoms with Crippen molar-refractivity contribution in [1.29, 1.82) is 5.26 Å². The zero-order chi connectivity index (χ0) is 21.2. The molecule has 2 rings (SSSR count). The summed E-state index contributed by atoms with van der Waals surface area (Å²) in [5.41, 5.74) is 3.17. The van der Waals surface area contributed by atoms with Crippen LogP contribution in [0.4, 0.5) is 5.69 Å². The number of nitriles is 1. The Morgan fingerprint density at radius 1 is 1.03 bits per heavy atom. The van der Waals surface area contributed by atoms with Crippen LogP contribution in [0.15, 0.2) is 54.6 Å². The first kappa shape index (κ1) is 21.9. The van der Waals surface area contributed by atoms with Gasteiger partial charge in [0.15, 0.2) is 0 Å². The number of hydrogen-bond acceptors (Lipinski definition) is 4. The fourth-order valence-electron chi connectivity index (χ4n) is 2.65. The van der Waals surface area contributed by atoms with Crippen molar-refractivity contribution in [2.45, 2.75) is 13.5 Å². The number of amides is 2. The number of carbonyl (C=O) groups is 2. The quantitative estimate of drug-likeness (QED) is 0.703. The van der Waals surface area contributed by atoms with E-state index in [4.69, 9.17) is 5.26 Å². The van der Waals surface area contributed by atoms with E-state index in [0.717, 1.165) is 23.4 Å². The third kappa shape index (κ3) is 7.60. The second-order valence-electron chi connectivity index (χ2n) is 7.01. The highest BCUT2D eigenvalue weighted by Gasteiger charge is 2.12. The largest absolute Gasteiger partial charge is 0.334 e. The van der Waals surface area contributed by atoms with Crippen molar-refractivity contribution in [3.8, 4) is 6.07 Å². The van der Waals surface area contributed by atoms with Crippen LogP contribution in [0.3, 0.4) is 0 Å². The third-order valence-corrected chi connectivity index (χ3v) is 4.23. The maximum Gasteiger partial charge on any atom is 0.246 e. The van der Waals surface area contributed by atoms with Crippen LogP contribution in [0, 0.1) is 11.3 Å². The summed E-state index contributed by atoms with van der Waals surface area (Å²) in [5, 5.41) is 11.6. The van der Waals surface area contributed by atoms with E-state index >= 15 is 0 Å². The van der Waals surface area contributed by atoms with E-state index in [2.05, 4.69) is 11.4 Å². The van der Waals surface area contributed by atoms with Crippen LogP contribution in [0.1, 0.15) is 23.6 Å². The Bertz CT molecular complexity index is 894. The molecule has 0 aliphatic carbocycles. The van der Waals surface area contributed by atoms with Gasteiger partial charge in [-0.2, -0.15) is 5.26 Å². The highest BCUT2D eigenvalue weighted by molar-refractivity contribution is 5.92. The molecule has 0 radical (unpaired) electrons. The van der Waals surface area contributed by atoms with Crippen molar-refractivity contribution < 1.29 is 9.59 Å². The number of benzene rings is 2. The summed E-state index contributed by atoms with van der Waals surface area (Å²) in [5.74, 6) is -0.204. The minimum atomic E-state index is -0.122. The lowest BCUT2D eigenvalue weighted by Crippen LogP contribution is -2.35. The van der Waals surface area contributed by atoms with Gasteiger partial charge in [0.25, 0.3) is 0 Å². The van der Waals surface area contributed by atoms with E-state index in [0.29, 0.717) is 18.7 Å². The molecule has 0 saturated heterocycles. The molecule has 0 aliphatic rings. The van der Waals surface area contributed by atoms with Gasteiger partial charge in [-0.3, -0.25) is 9.59 Å². The highest BCUT2D eigenvalue weighted by Crippen LogP contribution is 2.12. The third-order valence-electron chi connectivity index (χ3n) is 4.23. The number of likely N-dealkylation sites (N-methyl/N-ethyl adjacent to an activating group) is 1. The SMILES string of the molecule is CC(=O)Nc1ccc(/C=C/C(=O)N(CCN(C)C)Cc2ccc(C#N)cc2)cc1. The molecule has 0 saturated carbocycles. The van der Waals surface area contributed by atoms with Gasteiger partial charge in [-0.15, -0.1) is 0 Å². The van der Waals surface area contributed by atoms with Gasteiger partial charge in [0, 0.05) is 38.3 Å². The van der Waals surface area contributed by atoms with Crippen molar-refractivity contribution >= 4 is 23.6 Å². The zero-order valence-electron chi connectivity index (χ0n) is 17.1. The van der Waals surface area contributed by atoms with Gasteiger partial charge >= 0.3 is 0 Å². The van der Waals surface area contributed by atoms with Crippen molar-refractivity contribution in [2.75, 3.05) is 32.5 Å². The van der Waals surface area contributed by atoms with E-state index in [1.165, 1.54) is 6.92 Å². The molecule has 0 fully saturated rings. The minimum Gasteiger partial charge on any atom is -0.334 e. The van der Waals surface area contributed by atoms with Gasteiger partial charge in [0.1, 0.15) is 0 Å². The van der Waals surface area contributed by atoms with Crippen LogP contribution >= 0.6 is 0 Å². The fourth-order valence-corrected chi connectivity index (χ4v) is 2.65. The molecule has 1 N–H and O–H groups in total. The zero-order valence-corrected chi connectivity index (χ0v) is 17.1. The first-order chi connectivity index (χ1) is 13.9. The average molecular weight is 390 g/mol. The second kappa shape index (κ2) is 10.8. The van der Waals surface area contributed by atoms with E-state index in [1.54, 1.807) is 41.3 Å². The summed E-state index contributed by atoms with van der Waals surface area (Å²) in [6.07, 6.45) is 3.33. The molecule has 6 heteroatoms. The van der Waals surface area contributed by atoms with Gasteiger partial charge in [-0.25, -0.2) is 0 Å². The molecule has 0 atom stereocenters. The fraction of sp³-hybridized carbons (Fsp3) is 0.261. The summed E-state index contributed by atoms with van der Waals surface area (Å²) in [7, 11) is 3.94. The Morgan fingerprint density at radius 3 is 2.24 bits per heavy atom. The predicted octanol–water partition coefficient (Wildman–Crippen LogP) is 3.12. The Morgan fingerprint density at radius 2 is 1.69 bits per heavy atom. The van der Waals surface area contributed by atoms with Crippen LogP contribution in [0.2, 0.25) is 0 Å². The summed E-state index contributed by atoms with van der Waals surface area (Å²) < 4.78 is 0. The minimum absolute atomic E-state index is 0.0813. The van der Waals surface area contributed by atoms with Crippen LogP contribution in [-0.4, -0.2) is 48.8 Å². The number of carbonyl (C=O) groups excluding carboxylic acids is 2. The molecule has 6 nitrogen and oxygen atoms in total. The van der Waals surface area contributed by atoms with Crippen LogP contribution in [-0.2, 0) is 16.1 Å². The van der Waals surface area contributed by atoms with Gasteiger partial charge in [-0.05, 0) is 55.6 Å². The second-order valence-corrected chi connectivity index (χ2v) is 7.01. The lowest BCUT2D eigenvalue weighted by atomic mass is 10.1. The molecule has 2 aromatic rings. The van der Waals surface area contributed by atoms with E-state index < -0.39 is 0 Å². The number of anilines is 1. The van der Waals surface area contributed by atoms with Gasteiger partial charge in [0.2, 0.25) is 11.8 Å². The summed E-state index contributed by atoms with van der Waals surface area (Å²) in [6.45, 7) is 3.28. The Kier molecular flexibility index (Phi) is 8.13. The van der Waals surface area contributed by atoms with E-state index in [1.807, 2.05) is 43.3 Å². The van der Waals surface area contributed by atoms with Crippen molar-refractivity contribution in [2.24, 2.45) is 0 Å². The average Bonchev–Trinajstić information content (AvgIpc) is 2.70. The molecule has 0 aliphatic heterocycles. The van der Waals surface area contributed by atoms with Gasteiger partial charge in [0.05, 0.1) is 11.6 Å². The lowest BCUT2D eigenvalue weighted by Gasteiger charge is -2.23. The Balaban J connectivity index is 2.08. The standard InChI is InChI=1S/C23H26N4O2/c1-18(28)25-22-11-8-19(9-12-22)10-13-23(29)27(15-14-26(2)3)17-21-6-4-20(16-24)5-7-21/h4-13H,14-15,17H2,1-3H3,(H,25,28)/b13-10+. The smallest absolute Gasteiger partial charge is 0.246 e. The molecule has 0 aromatic heterocycles. The molecular formula is C23H26N4O2. The molecule has 0 spiro atoms. The first-order valence-electron chi connectivity index (χ1n) is 9.36. The molecule has 150 valence electrons. The number of nitrogens with zero attached hydrogens (tertiary/aromatic N) is 3. The monoisotopic (exact) mass is 390 g/mol. The molecule has 2 amide bonds. The maximum absolute atomic E-state index is 12.8. The molecule has 0 unspecified atom stereocenters. The summed E-state index contributed by atoms with van der Waals surface area (Å²) in [4.78, 5) is 27.7. The first-order valence-corrected chi connectivity index (χ1v) is 9.36. The molecule has 2 aromatic carbocycles. The molecule has 0 heterocycles. The van der Waals surface area contributed by atoms with Crippen molar-refractivity contribution in [3.05, 3.63) is 71.3 Å². The number of nitrogens with one attached hydrogen (secondary N) is 1. The highest BCUT2D eigenvalue weighted by atomic mass is 16.2. The predicted molar refractivity (Wildman–Crippen MR) is 115 cm³/mol. The van der Waals surface area contributed by atoms with Crippen LogP contribution in [0.5, 0.6) is 0 Å². The normalized spacial score (nSPS) is 10.7. The Labute approximate surface area is 172 Å². The lowest BCUT2D eigenvalue weighted by molar-refractivity contribution is -0.126. The maximum atomic E-state index is 12.8. The topological polar surface area (TPSA) is 76.4 Å². The van der Waals surface area contributed by atoms with E-state index in [-0.39, 0.29) is 11.8 Å². The van der Waals surface area contributed by atoms with Crippen molar-refractivity contribution in [3.63, 3.8) is 0 Å². The molecule has 0 bridgehead atoms. The Hall–Kier alpha value is -3.43. The molecule has 29 heavy (non-hydrogen) atoms. The summed E-state index contributed by atoms with van der Waals surface area (Å²) >= 11 is 0. The summed E-state index contributed by atoms with van der Waals surface area (Å²) in [6, 6.07) is 16.7. The number of rotatable bonds is 8. The van der Waals surface area contributed by atoms with Gasteiger partial charge < -0.3 is 15.1 Å². The van der Waals surface area contributed by atoms with E-state index in [9.17, 15) is 9.59 Å². The van der Waals surface area contributed by atoms with Crippen LogP contribution in [0.25, 0.3) is 6.08 Å².